The predicted octanol–water partition coefficient (Wildman–Crippen LogP) is 5.13. The largest absolute Gasteiger partial charge is 0.497 e. The third-order valence-electron chi connectivity index (χ3n) is 4.67. The number of halogens is 1. The molecular weight excluding hydrogens is 367 g/mol. The number of rotatable bonds is 6. The lowest BCUT2D eigenvalue weighted by Crippen LogP contribution is -2.09. The molecule has 29 heavy (non-hydrogen) atoms. The second-order valence-electron chi connectivity index (χ2n) is 6.61. The van der Waals surface area contributed by atoms with Crippen molar-refractivity contribution >= 4 is 22.9 Å². The molecular formula is C24H19FN2O2. The van der Waals surface area contributed by atoms with Crippen LogP contribution in [0.3, 0.4) is 0 Å². The van der Waals surface area contributed by atoms with E-state index in [1.165, 1.54) is 18.2 Å². The van der Waals surface area contributed by atoms with Crippen molar-refractivity contribution in [1.82, 2.24) is 9.55 Å². The summed E-state index contributed by atoms with van der Waals surface area (Å²) in [6, 6.07) is 21.3. The number of carbonyl (C=O) groups is 1. The fraction of sp³-hybridized carbons (Fsp3) is 0.0833. The van der Waals surface area contributed by atoms with Gasteiger partial charge >= 0.3 is 0 Å². The van der Waals surface area contributed by atoms with Gasteiger partial charge in [-0.1, -0.05) is 42.5 Å². The number of nitrogens with zero attached hydrogens (tertiary/aromatic N) is 2. The molecule has 0 atom stereocenters. The molecule has 0 unspecified atom stereocenters. The van der Waals surface area contributed by atoms with Crippen LogP contribution in [0.1, 0.15) is 21.7 Å². The number of methoxy groups -OCH3 is 1. The van der Waals surface area contributed by atoms with Gasteiger partial charge in [0.1, 0.15) is 11.6 Å². The summed E-state index contributed by atoms with van der Waals surface area (Å²) in [5, 5.41) is 0. The van der Waals surface area contributed by atoms with Gasteiger partial charge < -0.3 is 9.30 Å². The summed E-state index contributed by atoms with van der Waals surface area (Å²) >= 11 is 0. The molecule has 1 heterocycles. The Labute approximate surface area is 167 Å². The molecule has 0 aliphatic rings. The van der Waals surface area contributed by atoms with Crippen molar-refractivity contribution in [2.45, 2.75) is 6.54 Å². The second kappa shape index (κ2) is 8.10. The number of hydrogen-bond donors (Lipinski definition) is 0. The summed E-state index contributed by atoms with van der Waals surface area (Å²) in [5.41, 5.74) is 3.39. The lowest BCUT2D eigenvalue weighted by molar-refractivity contribution is 0.103. The van der Waals surface area contributed by atoms with Crippen molar-refractivity contribution in [2.24, 2.45) is 0 Å². The molecule has 0 aliphatic carbocycles. The first kappa shape index (κ1) is 18.6. The molecule has 0 saturated heterocycles. The fourth-order valence-corrected chi connectivity index (χ4v) is 3.16. The molecule has 0 bridgehead atoms. The molecule has 0 fully saturated rings. The summed E-state index contributed by atoms with van der Waals surface area (Å²) in [4.78, 5) is 17.5. The van der Waals surface area contributed by atoms with Crippen LogP contribution in [0.15, 0.2) is 78.9 Å². The molecule has 0 aliphatic heterocycles. The topological polar surface area (TPSA) is 44.1 Å². The number of carbonyl (C=O) groups excluding carboxylic acids is 1. The van der Waals surface area contributed by atoms with E-state index < -0.39 is 0 Å². The average molecular weight is 386 g/mol. The van der Waals surface area contributed by atoms with Crippen molar-refractivity contribution in [1.29, 1.82) is 0 Å². The molecule has 0 spiro atoms. The third-order valence-corrected chi connectivity index (χ3v) is 4.67. The van der Waals surface area contributed by atoms with Crippen LogP contribution in [0, 0.1) is 5.82 Å². The normalized spacial score (nSPS) is 11.2. The van der Waals surface area contributed by atoms with Gasteiger partial charge in [-0.25, -0.2) is 9.37 Å². The van der Waals surface area contributed by atoms with Crippen molar-refractivity contribution in [3.8, 4) is 5.75 Å². The standard InChI is InChI=1S/C24H19FN2O2/c1-29-20-13-8-17(9-14-20)10-15-23(28)24-26-21-4-2-3-5-22(21)27(24)16-18-6-11-19(25)12-7-18/h2-15H,16H2,1H3/b15-10+. The Morgan fingerprint density at radius 3 is 2.48 bits per heavy atom. The molecule has 5 heteroatoms. The quantitative estimate of drug-likeness (QED) is 0.341. The highest BCUT2D eigenvalue weighted by Crippen LogP contribution is 2.20. The van der Waals surface area contributed by atoms with E-state index in [0.717, 1.165) is 27.9 Å². The highest BCUT2D eigenvalue weighted by molar-refractivity contribution is 6.06. The number of ether oxygens (including phenoxy) is 1. The summed E-state index contributed by atoms with van der Waals surface area (Å²) in [6.07, 6.45) is 3.27. The van der Waals surface area contributed by atoms with E-state index in [-0.39, 0.29) is 11.6 Å². The predicted molar refractivity (Wildman–Crippen MR) is 112 cm³/mol. The van der Waals surface area contributed by atoms with E-state index in [0.29, 0.717) is 12.4 Å². The van der Waals surface area contributed by atoms with Crippen LogP contribution in [0.4, 0.5) is 4.39 Å². The Hall–Kier alpha value is -3.73. The summed E-state index contributed by atoms with van der Waals surface area (Å²) in [6.45, 7) is 0.429. The highest BCUT2D eigenvalue weighted by atomic mass is 19.1. The Bertz CT molecular complexity index is 1180. The van der Waals surface area contributed by atoms with Crippen molar-refractivity contribution < 1.29 is 13.9 Å². The molecule has 3 aromatic carbocycles. The summed E-state index contributed by atoms with van der Waals surface area (Å²) in [7, 11) is 1.61. The van der Waals surface area contributed by atoms with Gasteiger partial charge in [-0.05, 0) is 53.6 Å². The number of fused-ring (bicyclic) bond motifs is 1. The van der Waals surface area contributed by atoms with E-state index in [2.05, 4.69) is 4.98 Å². The molecule has 1 aromatic heterocycles. The van der Waals surface area contributed by atoms with Gasteiger partial charge in [0.25, 0.3) is 0 Å². The van der Waals surface area contributed by atoms with E-state index in [1.54, 1.807) is 25.3 Å². The van der Waals surface area contributed by atoms with E-state index in [9.17, 15) is 9.18 Å². The van der Waals surface area contributed by atoms with Crippen molar-refractivity contribution in [2.75, 3.05) is 7.11 Å². The minimum absolute atomic E-state index is 0.195. The maximum Gasteiger partial charge on any atom is 0.221 e. The Balaban J connectivity index is 1.67. The number of imidazole rings is 1. The van der Waals surface area contributed by atoms with Gasteiger partial charge in [0.15, 0.2) is 5.82 Å². The van der Waals surface area contributed by atoms with E-state index in [1.807, 2.05) is 53.1 Å². The molecule has 0 amide bonds. The van der Waals surface area contributed by atoms with Gasteiger partial charge in [-0.3, -0.25) is 4.79 Å². The van der Waals surface area contributed by atoms with Crippen LogP contribution in [0.25, 0.3) is 17.1 Å². The zero-order valence-electron chi connectivity index (χ0n) is 15.9. The van der Waals surface area contributed by atoms with Crippen LogP contribution < -0.4 is 4.74 Å². The Morgan fingerprint density at radius 1 is 1.03 bits per heavy atom. The Morgan fingerprint density at radius 2 is 1.76 bits per heavy atom. The average Bonchev–Trinajstić information content (AvgIpc) is 3.12. The molecule has 4 rings (SSSR count). The van der Waals surface area contributed by atoms with Crippen LogP contribution in [-0.4, -0.2) is 22.4 Å². The molecule has 0 N–H and O–H groups in total. The smallest absolute Gasteiger partial charge is 0.221 e. The SMILES string of the molecule is COc1ccc(/C=C/C(=O)c2nc3ccccc3n2Cc2ccc(F)cc2)cc1. The summed E-state index contributed by atoms with van der Waals surface area (Å²) < 4.78 is 20.3. The van der Waals surface area contributed by atoms with E-state index in [4.69, 9.17) is 4.74 Å². The van der Waals surface area contributed by atoms with Crippen molar-refractivity contribution in [3.05, 3.63) is 102 Å². The van der Waals surface area contributed by atoms with Crippen LogP contribution in [0.5, 0.6) is 5.75 Å². The first-order valence-corrected chi connectivity index (χ1v) is 9.20. The van der Waals surface area contributed by atoms with Crippen LogP contribution in [0.2, 0.25) is 0 Å². The lowest BCUT2D eigenvalue weighted by atomic mass is 10.2. The first-order chi connectivity index (χ1) is 14.1. The minimum Gasteiger partial charge on any atom is -0.497 e. The summed E-state index contributed by atoms with van der Waals surface area (Å²) in [5.74, 6) is 0.622. The monoisotopic (exact) mass is 386 g/mol. The van der Waals surface area contributed by atoms with Gasteiger partial charge in [0, 0.05) is 6.54 Å². The van der Waals surface area contributed by atoms with Crippen LogP contribution >= 0.6 is 0 Å². The molecule has 0 radical (unpaired) electrons. The molecule has 0 saturated carbocycles. The maximum absolute atomic E-state index is 13.2. The molecule has 4 aromatic rings. The van der Waals surface area contributed by atoms with Gasteiger partial charge in [0.2, 0.25) is 5.78 Å². The van der Waals surface area contributed by atoms with E-state index >= 15 is 0 Å². The lowest BCUT2D eigenvalue weighted by Gasteiger charge is -2.08. The third kappa shape index (κ3) is 4.09. The number of para-hydroxylation sites is 2. The zero-order chi connectivity index (χ0) is 20.2. The van der Waals surface area contributed by atoms with Gasteiger partial charge in [0.05, 0.1) is 18.1 Å². The number of ketones is 1. The van der Waals surface area contributed by atoms with Gasteiger partial charge in [-0.15, -0.1) is 0 Å². The minimum atomic E-state index is -0.289. The number of hydrogen-bond acceptors (Lipinski definition) is 3. The number of aromatic nitrogens is 2. The molecule has 144 valence electrons. The molecule has 4 nitrogen and oxygen atoms in total. The van der Waals surface area contributed by atoms with Gasteiger partial charge in [-0.2, -0.15) is 0 Å². The van der Waals surface area contributed by atoms with Crippen LogP contribution in [-0.2, 0) is 6.54 Å². The first-order valence-electron chi connectivity index (χ1n) is 9.20. The highest BCUT2D eigenvalue weighted by Gasteiger charge is 2.16. The zero-order valence-corrected chi connectivity index (χ0v) is 15.9. The maximum atomic E-state index is 13.2. The Kier molecular flexibility index (Phi) is 5.20. The number of benzene rings is 3. The number of allylic oxidation sites excluding steroid dienone is 1. The van der Waals surface area contributed by atoms with Crippen molar-refractivity contribution in [3.63, 3.8) is 0 Å². The second-order valence-corrected chi connectivity index (χ2v) is 6.61. The fourth-order valence-electron chi connectivity index (χ4n) is 3.16.